The molecule has 2 heterocycles. The minimum absolute atomic E-state index is 0.0524. The summed E-state index contributed by atoms with van der Waals surface area (Å²) in [5.74, 6) is -0.336. The van der Waals surface area contributed by atoms with E-state index in [-0.39, 0.29) is 22.1 Å². The molecule has 4 rings (SSSR count). The predicted octanol–water partition coefficient (Wildman–Crippen LogP) is 4.62. The summed E-state index contributed by atoms with van der Waals surface area (Å²) >= 11 is 0. The Bertz CT molecular complexity index is 1510. The first-order valence-electron chi connectivity index (χ1n) is 10.4. The second kappa shape index (κ2) is 9.46. The average molecular weight is 517 g/mol. The minimum atomic E-state index is -4.76. The van der Waals surface area contributed by atoms with Crippen LogP contribution in [0.15, 0.2) is 77.8 Å². The number of halogens is 3. The van der Waals surface area contributed by atoms with E-state index >= 15 is 0 Å². The standard InChI is InChI=1S/C24H19F3N4O4S/c1-35-17-10-8-16(9-11-17)31-19(13-21(30-31)24(25,26)27)23(32)29-22-12-7-15(14-28-22)18-5-3-4-6-20(18)36(2,33)34/h3-14H,1-2H3,(H,28,29,32). The van der Waals surface area contributed by atoms with Crippen molar-refractivity contribution in [3.63, 3.8) is 0 Å². The molecule has 0 aliphatic heterocycles. The molecular weight excluding hydrogens is 497 g/mol. The molecular formula is C24H19F3N4O4S. The van der Waals surface area contributed by atoms with Crippen LogP contribution in [-0.4, -0.2) is 42.5 Å². The van der Waals surface area contributed by atoms with Crippen LogP contribution in [0, 0.1) is 0 Å². The third-order valence-electron chi connectivity index (χ3n) is 5.15. The highest BCUT2D eigenvalue weighted by atomic mass is 32.2. The molecule has 1 N–H and O–H groups in total. The lowest BCUT2D eigenvalue weighted by atomic mass is 10.1. The van der Waals surface area contributed by atoms with Gasteiger partial charge in [-0.15, -0.1) is 0 Å². The largest absolute Gasteiger partial charge is 0.497 e. The third-order valence-corrected chi connectivity index (χ3v) is 6.31. The van der Waals surface area contributed by atoms with E-state index in [9.17, 15) is 26.4 Å². The average Bonchev–Trinajstić information content (AvgIpc) is 3.31. The van der Waals surface area contributed by atoms with E-state index in [0.717, 1.165) is 10.9 Å². The Morgan fingerprint density at radius 3 is 2.31 bits per heavy atom. The van der Waals surface area contributed by atoms with E-state index in [2.05, 4.69) is 15.4 Å². The second-order valence-corrected chi connectivity index (χ2v) is 9.66. The number of anilines is 1. The zero-order valence-corrected chi connectivity index (χ0v) is 19.8. The molecule has 0 radical (unpaired) electrons. The fourth-order valence-electron chi connectivity index (χ4n) is 3.44. The Balaban J connectivity index is 1.64. The lowest BCUT2D eigenvalue weighted by molar-refractivity contribution is -0.141. The van der Waals surface area contributed by atoms with Crippen LogP contribution in [0.2, 0.25) is 0 Å². The summed E-state index contributed by atoms with van der Waals surface area (Å²) in [6.45, 7) is 0. The highest BCUT2D eigenvalue weighted by molar-refractivity contribution is 7.90. The summed E-state index contributed by atoms with van der Waals surface area (Å²) in [4.78, 5) is 17.2. The molecule has 36 heavy (non-hydrogen) atoms. The van der Waals surface area contributed by atoms with Gasteiger partial charge in [-0.05, 0) is 42.5 Å². The number of aromatic nitrogens is 3. The molecule has 0 saturated carbocycles. The number of nitrogens with zero attached hydrogens (tertiary/aromatic N) is 3. The van der Waals surface area contributed by atoms with Gasteiger partial charge in [-0.3, -0.25) is 4.79 Å². The predicted molar refractivity (Wildman–Crippen MR) is 126 cm³/mol. The number of ether oxygens (including phenoxy) is 1. The number of carbonyl (C=O) groups excluding carboxylic acids is 1. The molecule has 0 aliphatic rings. The quantitative estimate of drug-likeness (QED) is 0.401. The maximum Gasteiger partial charge on any atom is 0.435 e. The summed E-state index contributed by atoms with van der Waals surface area (Å²) in [5, 5.41) is 6.03. The minimum Gasteiger partial charge on any atom is -0.497 e. The van der Waals surface area contributed by atoms with Gasteiger partial charge in [-0.25, -0.2) is 18.1 Å². The van der Waals surface area contributed by atoms with Gasteiger partial charge in [0.15, 0.2) is 15.5 Å². The van der Waals surface area contributed by atoms with Crippen molar-refractivity contribution >= 4 is 21.6 Å². The van der Waals surface area contributed by atoms with Gasteiger partial charge >= 0.3 is 6.18 Å². The fourth-order valence-corrected chi connectivity index (χ4v) is 4.35. The third kappa shape index (κ3) is 5.23. The van der Waals surface area contributed by atoms with Crippen molar-refractivity contribution < 1.29 is 31.1 Å². The normalized spacial score (nSPS) is 11.8. The number of methoxy groups -OCH3 is 1. The molecule has 12 heteroatoms. The lowest BCUT2D eigenvalue weighted by Gasteiger charge is -2.10. The number of hydrogen-bond donors (Lipinski definition) is 1. The van der Waals surface area contributed by atoms with Crippen LogP contribution in [0.1, 0.15) is 16.2 Å². The maximum absolute atomic E-state index is 13.3. The number of benzene rings is 2. The van der Waals surface area contributed by atoms with Crippen LogP contribution in [0.25, 0.3) is 16.8 Å². The zero-order chi connectivity index (χ0) is 26.1. The van der Waals surface area contributed by atoms with Crippen molar-refractivity contribution in [2.45, 2.75) is 11.1 Å². The summed E-state index contributed by atoms with van der Waals surface area (Å²) in [6.07, 6.45) is -2.31. The maximum atomic E-state index is 13.3. The highest BCUT2D eigenvalue weighted by Gasteiger charge is 2.36. The van der Waals surface area contributed by atoms with Gasteiger partial charge in [0, 0.05) is 29.6 Å². The molecule has 2 aromatic carbocycles. The molecule has 8 nitrogen and oxygen atoms in total. The molecule has 1 amide bonds. The van der Waals surface area contributed by atoms with Crippen LogP contribution in [0.3, 0.4) is 0 Å². The first-order valence-corrected chi connectivity index (χ1v) is 12.2. The summed E-state index contributed by atoms with van der Waals surface area (Å²) in [6, 6.07) is 16.0. The van der Waals surface area contributed by atoms with E-state index in [0.29, 0.717) is 22.9 Å². The van der Waals surface area contributed by atoms with Crippen molar-refractivity contribution in [1.82, 2.24) is 14.8 Å². The van der Waals surface area contributed by atoms with Gasteiger partial charge in [0.1, 0.15) is 17.3 Å². The Morgan fingerprint density at radius 1 is 1.03 bits per heavy atom. The number of pyridine rings is 1. The smallest absolute Gasteiger partial charge is 0.435 e. The van der Waals surface area contributed by atoms with Gasteiger partial charge in [-0.1, -0.05) is 18.2 Å². The van der Waals surface area contributed by atoms with Gasteiger partial charge in [0.25, 0.3) is 5.91 Å². The molecule has 0 aliphatic carbocycles. The van der Waals surface area contributed by atoms with Crippen LogP contribution < -0.4 is 10.1 Å². The Morgan fingerprint density at radius 2 is 1.72 bits per heavy atom. The molecule has 4 aromatic rings. The number of nitrogens with one attached hydrogen (secondary N) is 1. The van der Waals surface area contributed by atoms with Crippen molar-refractivity contribution in [3.05, 3.63) is 84.3 Å². The first kappa shape index (κ1) is 24.9. The van der Waals surface area contributed by atoms with Gasteiger partial charge in [-0.2, -0.15) is 18.3 Å². The Kier molecular flexibility index (Phi) is 6.55. The first-order chi connectivity index (χ1) is 17.0. The van der Waals surface area contributed by atoms with E-state index < -0.39 is 27.6 Å². The van der Waals surface area contributed by atoms with Crippen molar-refractivity contribution in [2.75, 3.05) is 18.7 Å². The number of rotatable bonds is 6. The molecule has 186 valence electrons. The number of sulfone groups is 1. The summed E-state index contributed by atoms with van der Waals surface area (Å²) in [5.41, 5.74) is -0.462. The summed E-state index contributed by atoms with van der Waals surface area (Å²) in [7, 11) is -2.05. The topological polar surface area (TPSA) is 103 Å². The molecule has 0 unspecified atom stereocenters. The number of amides is 1. The van der Waals surface area contributed by atoms with Crippen LogP contribution in [0.5, 0.6) is 5.75 Å². The van der Waals surface area contributed by atoms with Crippen LogP contribution in [0.4, 0.5) is 19.0 Å². The van der Waals surface area contributed by atoms with E-state index in [1.807, 2.05) is 0 Å². The zero-order valence-electron chi connectivity index (χ0n) is 18.9. The monoisotopic (exact) mass is 516 g/mol. The van der Waals surface area contributed by atoms with Crippen LogP contribution in [-0.2, 0) is 16.0 Å². The second-order valence-electron chi connectivity index (χ2n) is 7.68. The molecule has 0 bridgehead atoms. The Hall–Kier alpha value is -4.19. The van der Waals surface area contributed by atoms with E-state index in [1.54, 1.807) is 24.3 Å². The fraction of sp³-hybridized carbons (Fsp3) is 0.125. The van der Waals surface area contributed by atoms with Gasteiger partial charge in [0.2, 0.25) is 0 Å². The van der Waals surface area contributed by atoms with E-state index in [1.165, 1.54) is 49.7 Å². The Labute approximate surface area is 204 Å². The van der Waals surface area contributed by atoms with Gasteiger partial charge < -0.3 is 10.1 Å². The molecule has 0 spiro atoms. The van der Waals surface area contributed by atoms with E-state index in [4.69, 9.17) is 4.74 Å². The number of alkyl halides is 3. The number of carbonyl (C=O) groups is 1. The lowest BCUT2D eigenvalue weighted by Crippen LogP contribution is -2.17. The molecule has 2 aromatic heterocycles. The van der Waals surface area contributed by atoms with Gasteiger partial charge in [0.05, 0.1) is 17.7 Å². The number of hydrogen-bond acceptors (Lipinski definition) is 6. The van der Waals surface area contributed by atoms with Crippen molar-refractivity contribution in [1.29, 1.82) is 0 Å². The SMILES string of the molecule is COc1ccc(-n2nc(C(F)(F)F)cc2C(=O)Nc2ccc(-c3ccccc3S(C)(=O)=O)cn2)cc1. The van der Waals surface area contributed by atoms with Crippen molar-refractivity contribution in [2.24, 2.45) is 0 Å². The molecule has 0 fully saturated rings. The molecule has 0 saturated heterocycles. The highest BCUT2D eigenvalue weighted by Crippen LogP contribution is 2.31. The molecule has 0 atom stereocenters. The van der Waals surface area contributed by atoms with Crippen molar-refractivity contribution in [3.8, 4) is 22.6 Å². The summed E-state index contributed by atoms with van der Waals surface area (Å²) < 4.78 is 70.1. The van der Waals surface area contributed by atoms with Crippen LogP contribution >= 0.6 is 0 Å².